The molecule has 2 aromatic carbocycles. The smallest absolute Gasteiger partial charge is 0.119 e. The minimum atomic E-state index is -0.275. The van der Waals surface area contributed by atoms with Gasteiger partial charge >= 0.3 is 0 Å². The predicted octanol–water partition coefficient (Wildman–Crippen LogP) is 4.58. The summed E-state index contributed by atoms with van der Waals surface area (Å²) in [6.07, 6.45) is 3.66. The summed E-state index contributed by atoms with van der Waals surface area (Å²) in [6, 6.07) is 12.4. The van der Waals surface area contributed by atoms with E-state index in [0.717, 1.165) is 12.2 Å². The average molecular weight is 286 g/mol. The molecule has 0 aliphatic carbocycles. The van der Waals surface area contributed by atoms with Crippen molar-refractivity contribution >= 4 is 10.8 Å². The van der Waals surface area contributed by atoms with E-state index in [-0.39, 0.29) is 6.10 Å². The van der Waals surface area contributed by atoms with Crippen LogP contribution in [0, 0.1) is 5.92 Å². The first kappa shape index (κ1) is 15.8. The van der Waals surface area contributed by atoms with Crippen molar-refractivity contribution in [3.05, 3.63) is 42.0 Å². The molecule has 21 heavy (non-hydrogen) atoms. The molecule has 0 saturated carbocycles. The van der Waals surface area contributed by atoms with Crippen LogP contribution in [-0.4, -0.2) is 18.3 Å². The maximum absolute atomic E-state index is 10.4. The van der Waals surface area contributed by atoms with Crippen LogP contribution in [0.4, 0.5) is 0 Å². The summed E-state index contributed by atoms with van der Waals surface area (Å²) in [5.41, 5.74) is 1.20. The summed E-state index contributed by atoms with van der Waals surface area (Å²) in [7, 11) is 1.69. The molecule has 2 heteroatoms. The molecule has 0 aromatic heterocycles. The second-order valence-electron chi connectivity index (χ2n) is 5.99. The Morgan fingerprint density at radius 3 is 2.71 bits per heavy atom. The van der Waals surface area contributed by atoms with E-state index in [1.54, 1.807) is 7.11 Å². The van der Waals surface area contributed by atoms with Gasteiger partial charge in [0.15, 0.2) is 0 Å². The van der Waals surface area contributed by atoms with E-state index in [4.69, 9.17) is 4.74 Å². The molecule has 0 amide bonds. The number of hydrogen-bond donors (Lipinski definition) is 1. The monoisotopic (exact) mass is 286 g/mol. The van der Waals surface area contributed by atoms with Gasteiger partial charge in [0.05, 0.1) is 13.2 Å². The fourth-order valence-corrected chi connectivity index (χ4v) is 3.03. The van der Waals surface area contributed by atoms with Crippen LogP contribution in [0.3, 0.4) is 0 Å². The molecule has 2 atom stereocenters. The highest BCUT2D eigenvalue weighted by Crippen LogP contribution is 2.26. The van der Waals surface area contributed by atoms with Crippen LogP contribution in [0.2, 0.25) is 0 Å². The Hall–Kier alpha value is -1.54. The Labute approximate surface area is 127 Å². The Kier molecular flexibility index (Phi) is 5.63. The lowest BCUT2D eigenvalue weighted by molar-refractivity contribution is 0.143. The maximum Gasteiger partial charge on any atom is 0.119 e. The zero-order valence-electron chi connectivity index (χ0n) is 13.3. The van der Waals surface area contributed by atoms with E-state index in [2.05, 4.69) is 44.2 Å². The van der Waals surface area contributed by atoms with Gasteiger partial charge in [-0.15, -0.1) is 0 Å². The van der Waals surface area contributed by atoms with Crippen molar-refractivity contribution in [2.24, 2.45) is 5.92 Å². The van der Waals surface area contributed by atoms with E-state index in [1.807, 2.05) is 6.07 Å². The molecule has 0 saturated heterocycles. The summed E-state index contributed by atoms with van der Waals surface area (Å²) in [5.74, 6) is 1.44. The van der Waals surface area contributed by atoms with E-state index in [1.165, 1.54) is 29.2 Å². The number of ether oxygens (including phenoxy) is 1. The SMILES string of the molecule is CCCC(C)CC(O)Cc1cccc2ccc(OC)cc12. The van der Waals surface area contributed by atoms with Crippen molar-refractivity contribution in [2.45, 2.75) is 45.6 Å². The van der Waals surface area contributed by atoms with Gasteiger partial charge in [-0.3, -0.25) is 0 Å². The summed E-state index contributed by atoms with van der Waals surface area (Å²) in [4.78, 5) is 0. The highest BCUT2D eigenvalue weighted by atomic mass is 16.5. The summed E-state index contributed by atoms with van der Waals surface area (Å²) in [6.45, 7) is 4.42. The molecule has 1 N–H and O–H groups in total. The Morgan fingerprint density at radius 1 is 1.19 bits per heavy atom. The zero-order valence-corrected chi connectivity index (χ0v) is 13.3. The van der Waals surface area contributed by atoms with Crippen LogP contribution >= 0.6 is 0 Å². The largest absolute Gasteiger partial charge is 0.497 e. The second kappa shape index (κ2) is 7.46. The van der Waals surface area contributed by atoms with Gasteiger partial charge in [-0.05, 0) is 47.2 Å². The number of benzene rings is 2. The van der Waals surface area contributed by atoms with Gasteiger partial charge in [0, 0.05) is 0 Å². The minimum absolute atomic E-state index is 0.275. The van der Waals surface area contributed by atoms with Gasteiger partial charge in [-0.25, -0.2) is 0 Å². The maximum atomic E-state index is 10.4. The number of hydrogen-bond acceptors (Lipinski definition) is 2. The molecule has 2 nitrogen and oxygen atoms in total. The van der Waals surface area contributed by atoms with Crippen molar-refractivity contribution in [3.8, 4) is 5.75 Å². The molecule has 0 aliphatic rings. The fourth-order valence-electron chi connectivity index (χ4n) is 3.03. The lowest BCUT2D eigenvalue weighted by atomic mass is 9.93. The third-order valence-electron chi connectivity index (χ3n) is 4.09. The molecule has 0 bridgehead atoms. The third kappa shape index (κ3) is 4.21. The molecule has 0 heterocycles. The molecule has 2 rings (SSSR count). The lowest BCUT2D eigenvalue weighted by Crippen LogP contribution is -2.15. The highest BCUT2D eigenvalue weighted by molar-refractivity contribution is 5.87. The van der Waals surface area contributed by atoms with Gasteiger partial charge in [-0.1, -0.05) is 51.0 Å². The first-order valence-electron chi connectivity index (χ1n) is 7.87. The van der Waals surface area contributed by atoms with Crippen molar-refractivity contribution in [1.82, 2.24) is 0 Å². The second-order valence-corrected chi connectivity index (χ2v) is 5.99. The highest BCUT2D eigenvalue weighted by Gasteiger charge is 2.12. The molecule has 114 valence electrons. The van der Waals surface area contributed by atoms with Crippen molar-refractivity contribution in [1.29, 1.82) is 0 Å². The van der Waals surface area contributed by atoms with Crippen LogP contribution in [0.25, 0.3) is 10.8 Å². The first-order valence-corrected chi connectivity index (χ1v) is 7.87. The van der Waals surface area contributed by atoms with Gasteiger partial charge < -0.3 is 9.84 Å². The Bertz CT molecular complexity index is 577. The van der Waals surface area contributed by atoms with Crippen molar-refractivity contribution in [3.63, 3.8) is 0 Å². The summed E-state index contributed by atoms with van der Waals surface area (Å²) in [5, 5.41) is 12.7. The normalized spacial score (nSPS) is 14.1. The minimum Gasteiger partial charge on any atom is -0.497 e. The molecule has 2 unspecified atom stereocenters. The number of methoxy groups -OCH3 is 1. The number of aliphatic hydroxyl groups excluding tert-OH is 1. The quantitative estimate of drug-likeness (QED) is 0.807. The number of fused-ring (bicyclic) bond motifs is 1. The van der Waals surface area contributed by atoms with Gasteiger partial charge in [0.1, 0.15) is 5.75 Å². The van der Waals surface area contributed by atoms with Crippen LogP contribution in [0.5, 0.6) is 5.75 Å². The van der Waals surface area contributed by atoms with E-state index >= 15 is 0 Å². The molecule has 2 aromatic rings. The first-order chi connectivity index (χ1) is 10.1. The third-order valence-corrected chi connectivity index (χ3v) is 4.09. The summed E-state index contributed by atoms with van der Waals surface area (Å²) < 4.78 is 5.32. The fraction of sp³-hybridized carbons (Fsp3) is 0.474. The van der Waals surface area contributed by atoms with Gasteiger partial charge in [0.2, 0.25) is 0 Å². The van der Waals surface area contributed by atoms with Crippen molar-refractivity contribution in [2.75, 3.05) is 7.11 Å². The zero-order chi connectivity index (χ0) is 15.2. The van der Waals surface area contributed by atoms with E-state index in [0.29, 0.717) is 12.3 Å². The lowest BCUT2D eigenvalue weighted by Gasteiger charge is -2.17. The molecule has 0 fully saturated rings. The van der Waals surface area contributed by atoms with Crippen LogP contribution < -0.4 is 4.74 Å². The van der Waals surface area contributed by atoms with Gasteiger partial charge in [-0.2, -0.15) is 0 Å². The van der Waals surface area contributed by atoms with E-state index < -0.39 is 0 Å². The summed E-state index contributed by atoms with van der Waals surface area (Å²) >= 11 is 0. The molecular weight excluding hydrogens is 260 g/mol. The van der Waals surface area contributed by atoms with Gasteiger partial charge in [0.25, 0.3) is 0 Å². The standard InChI is InChI=1S/C19H26O2/c1-4-6-14(2)11-17(20)12-16-8-5-7-15-9-10-18(21-3)13-19(15)16/h5,7-10,13-14,17,20H,4,6,11-12H2,1-3H3. The average Bonchev–Trinajstić information content (AvgIpc) is 2.47. The van der Waals surface area contributed by atoms with Crippen LogP contribution in [0.15, 0.2) is 36.4 Å². The molecular formula is C19H26O2. The molecule has 0 radical (unpaired) electrons. The predicted molar refractivity (Wildman–Crippen MR) is 88.9 cm³/mol. The van der Waals surface area contributed by atoms with Crippen LogP contribution in [0.1, 0.15) is 38.7 Å². The number of rotatable bonds is 7. The van der Waals surface area contributed by atoms with Crippen LogP contribution in [-0.2, 0) is 6.42 Å². The Morgan fingerprint density at radius 2 is 2.00 bits per heavy atom. The number of aliphatic hydroxyl groups is 1. The Balaban J connectivity index is 2.17. The topological polar surface area (TPSA) is 29.5 Å². The van der Waals surface area contributed by atoms with E-state index in [9.17, 15) is 5.11 Å². The molecule has 0 aliphatic heterocycles. The van der Waals surface area contributed by atoms with Crippen molar-refractivity contribution < 1.29 is 9.84 Å². The molecule has 0 spiro atoms.